The summed E-state index contributed by atoms with van der Waals surface area (Å²) in [4.78, 5) is 22.0. The summed E-state index contributed by atoms with van der Waals surface area (Å²) in [6, 6.07) is 7.88. The van der Waals surface area contributed by atoms with E-state index in [1.165, 1.54) is 12.1 Å². The highest BCUT2D eigenvalue weighted by atomic mass is 35.5. The lowest BCUT2D eigenvalue weighted by atomic mass is 10.1. The van der Waals surface area contributed by atoms with Crippen molar-refractivity contribution in [2.24, 2.45) is 5.73 Å². The zero-order chi connectivity index (χ0) is 13.1. The van der Waals surface area contributed by atoms with Gasteiger partial charge in [0.25, 0.3) is 0 Å². The molecule has 0 unspecified atom stereocenters. The van der Waals surface area contributed by atoms with Gasteiger partial charge < -0.3 is 10.3 Å². The molecular formula is C13H11ClN2O2. The minimum Gasteiger partial charge on any atom is -0.366 e. The van der Waals surface area contributed by atoms with Gasteiger partial charge in [-0.05, 0) is 17.7 Å². The molecule has 0 aliphatic heterocycles. The lowest BCUT2D eigenvalue weighted by Crippen LogP contribution is -2.11. The Morgan fingerprint density at radius 2 is 1.89 bits per heavy atom. The summed E-state index contributed by atoms with van der Waals surface area (Å²) in [7, 11) is 0. The van der Waals surface area contributed by atoms with Crippen LogP contribution in [0, 0.1) is 0 Å². The quantitative estimate of drug-likeness (QED) is 0.914. The zero-order valence-electron chi connectivity index (χ0n) is 9.47. The van der Waals surface area contributed by atoms with E-state index in [1.807, 2.05) is 4.57 Å². The first kappa shape index (κ1) is 12.4. The molecule has 4 nitrogen and oxygen atoms in total. The first-order valence-corrected chi connectivity index (χ1v) is 5.68. The minimum absolute atomic E-state index is 0.0403. The number of benzene rings is 1. The van der Waals surface area contributed by atoms with Crippen molar-refractivity contribution in [2.45, 2.75) is 6.54 Å². The predicted octanol–water partition coefficient (Wildman–Crippen LogP) is 1.65. The smallest absolute Gasteiger partial charge is 0.248 e. The number of halogens is 1. The Labute approximate surface area is 109 Å². The number of aromatic nitrogens is 1. The monoisotopic (exact) mass is 262 g/mol. The summed E-state index contributed by atoms with van der Waals surface area (Å²) in [5.74, 6) is -0.508. The van der Waals surface area contributed by atoms with Gasteiger partial charge in [-0.25, -0.2) is 0 Å². The maximum Gasteiger partial charge on any atom is 0.248 e. The van der Waals surface area contributed by atoms with Crippen LogP contribution in [0.3, 0.4) is 0 Å². The SMILES string of the molecule is NC(=O)c1ccc(Cn2ccc(=O)cc2)c(Cl)c1. The van der Waals surface area contributed by atoms with E-state index in [-0.39, 0.29) is 5.43 Å². The normalized spacial score (nSPS) is 10.3. The molecule has 0 saturated carbocycles. The molecule has 18 heavy (non-hydrogen) atoms. The number of amides is 1. The van der Waals surface area contributed by atoms with Crippen molar-refractivity contribution in [3.05, 3.63) is 69.1 Å². The van der Waals surface area contributed by atoms with Crippen LogP contribution in [0.1, 0.15) is 15.9 Å². The third-order valence-corrected chi connectivity index (χ3v) is 2.90. The van der Waals surface area contributed by atoms with Crippen molar-refractivity contribution in [3.63, 3.8) is 0 Å². The number of carbonyl (C=O) groups is 1. The van der Waals surface area contributed by atoms with Crippen LogP contribution in [0.2, 0.25) is 5.02 Å². The van der Waals surface area contributed by atoms with E-state index in [4.69, 9.17) is 17.3 Å². The van der Waals surface area contributed by atoms with Gasteiger partial charge in [0.05, 0.1) is 0 Å². The Balaban J connectivity index is 2.27. The molecule has 1 heterocycles. The van der Waals surface area contributed by atoms with Gasteiger partial charge in [0, 0.05) is 41.7 Å². The lowest BCUT2D eigenvalue weighted by Gasteiger charge is -2.08. The van der Waals surface area contributed by atoms with Gasteiger partial charge in [-0.1, -0.05) is 17.7 Å². The maximum atomic E-state index is 11.0. The van der Waals surface area contributed by atoms with Crippen molar-refractivity contribution in [1.29, 1.82) is 0 Å². The number of nitrogens with zero attached hydrogens (tertiary/aromatic N) is 1. The molecular weight excluding hydrogens is 252 g/mol. The zero-order valence-corrected chi connectivity index (χ0v) is 10.2. The summed E-state index contributed by atoms with van der Waals surface area (Å²) in [6.07, 6.45) is 3.36. The molecule has 0 aliphatic carbocycles. The van der Waals surface area contributed by atoms with Crippen LogP contribution in [0.4, 0.5) is 0 Å². The average molecular weight is 263 g/mol. The van der Waals surface area contributed by atoms with Crippen LogP contribution in [0.15, 0.2) is 47.5 Å². The highest BCUT2D eigenvalue weighted by molar-refractivity contribution is 6.31. The van der Waals surface area contributed by atoms with Crippen molar-refractivity contribution in [1.82, 2.24) is 4.57 Å². The molecule has 0 fully saturated rings. The predicted molar refractivity (Wildman–Crippen MR) is 69.8 cm³/mol. The minimum atomic E-state index is -0.508. The maximum absolute atomic E-state index is 11.0. The van der Waals surface area contributed by atoms with E-state index in [1.54, 1.807) is 30.6 Å². The largest absolute Gasteiger partial charge is 0.366 e. The van der Waals surface area contributed by atoms with Crippen molar-refractivity contribution in [3.8, 4) is 0 Å². The van der Waals surface area contributed by atoms with Crippen molar-refractivity contribution < 1.29 is 4.79 Å². The second-order valence-corrected chi connectivity index (χ2v) is 4.28. The molecule has 2 N–H and O–H groups in total. The Bertz CT molecular complexity index is 629. The van der Waals surface area contributed by atoms with Crippen molar-refractivity contribution >= 4 is 17.5 Å². The first-order valence-electron chi connectivity index (χ1n) is 5.30. The Morgan fingerprint density at radius 1 is 1.22 bits per heavy atom. The van der Waals surface area contributed by atoms with Gasteiger partial charge in [0.2, 0.25) is 5.91 Å². The topological polar surface area (TPSA) is 65.1 Å². The van der Waals surface area contributed by atoms with Crippen LogP contribution >= 0.6 is 11.6 Å². The molecule has 0 bridgehead atoms. The van der Waals surface area contributed by atoms with E-state index >= 15 is 0 Å². The summed E-state index contributed by atoms with van der Waals surface area (Å²) < 4.78 is 1.83. The fourth-order valence-electron chi connectivity index (χ4n) is 1.57. The Hall–Kier alpha value is -2.07. The third kappa shape index (κ3) is 2.78. The van der Waals surface area contributed by atoms with E-state index in [9.17, 15) is 9.59 Å². The van der Waals surface area contributed by atoms with E-state index in [2.05, 4.69) is 0 Å². The van der Waals surface area contributed by atoms with Crippen LogP contribution in [0.5, 0.6) is 0 Å². The number of carbonyl (C=O) groups excluding carboxylic acids is 1. The number of hydrogen-bond acceptors (Lipinski definition) is 2. The number of rotatable bonds is 3. The molecule has 1 amide bonds. The Morgan fingerprint density at radius 3 is 2.44 bits per heavy atom. The standard InChI is InChI=1S/C13H11ClN2O2/c14-12-7-9(13(15)18)1-2-10(12)8-16-5-3-11(17)4-6-16/h1-7H,8H2,(H2,15,18). The van der Waals surface area contributed by atoms with E-state index < -0.39 is 5.91 Å². The highest BCUT2D eigenvalue weighted by Gasteiger charge is 2.05. The molecule has 5 heteroatoms. The summed E-state index contributed by atoms with van der Waals surface area (Å²) >= 11 is 6.07. The number of hydrogen-bond donors (Lipinski definition) is 1. The van der Waals surface area contributed by atoms with Crippen LogP contribution in [0.25, 0.3) is 0 Å². The number of nitrogens with two attached hydrogens (primary N) is 1. The molecule has 1 aromatic heterocycles. The number of pyridine rings is 1. The molecule has 2 aromatic rings. The Kier molecular flexibility index (Phi) is 3.48. The van der Waals surface area contributed by atoms with Gasteiger partial charge in [-0.15, -0.1) is 0 Å². The highest BCUT2D eigenvalue weighted by Crippen LogP contribution is 2.18. The molecule has 0 spiro atoms. The van der Waals surface area contributed by atoms with Crippen LogP contribution in [-0.4, -0.2) is 10.5 Å². The van der Waals surface area contributed by atoms with Gasteiger partial charge in [0.15, 0.2) is 5.43 Å². The average Bonchev–Trinajstić information content (AvgIpc) is 2.34. The molecule has 92 valence electrons. The molecule has 2 rings (SSSR count). The molecule has 1 aromatic carbocycles. The fraction of sp³-hybridized carbons (Fsp3) is 0.0769. The van der Waals surface area contributed by atoms with E-state index in [0.29, 0.717) is 17.1 Å². The molecule has 0 aliphatic rings. The second-order valence-electron chi connectivity index (χ2n) is 3.88. The summed E-state index contributed by atoms with van der Waals surface area (Å²) in [5, 5.41) is 0.477. The van der Waals surface area contributed by atoms with Crippen molar-refractivity contribution in [2.75, 3.05) is 0 Å². The van der Waals surface area contributed by atoms with Gasteiger partial charge in [0.1, 0.15) is 0 Å². The van der Waals surface area contributed by atoms with Gasteiger partial charge in [-0.2, -0.15) is 0 Å². The van der Waals surface area contributed by atoms with E-state index in [0.717, 1.165) is 5.56 Å². The second kappa shape index (κ2) is 5.06. The fourth-order valence-corrected chi connectivity index (χ4v) is 1.81. The first-order chi connectivity index (χ1) is 8.56. The molecule has 0 saturated heterocycles. The molecule has 0 radical (unpaired) electrons. The summed E-state index contributed by atoms with van der Waals surface area (Å²) in [5.41, 5.74) is 6.35. The van der Waals surface area contributed by atoms with Crippen LogP contribution < -0.4 is 11.2 Å². The lowest BCUT2D eigenvalue weighted by molar-refractivity contribution is 0.100. The van der Waals surface area contributed by atoms with Crippen LogP contribution in [-0.2, 0) is 6.54 Å². The van der Waals surface area contributed by atoms with Gasteiger partial charge in [-0.3, -0.25) is 9.59 Å². The summed E-state index contributed by atoms with van der Waals surface area (Å²) in [6.45, 7) is 0.526. The number of primary amides is 1. The third-order valence-electron chi connectivity index (χ3n) is 2.55. The molecule has 0 atom stereocenters. The van der Waals surface area contributed by atoms with Gasteiger partial charge >= 0.3 is 0 Å².